The van der Waals surface area contributed by atoms with E-state index in [9.17, 15) is 15.5 Å². The molecular weight excluding hydrogens is 499 g/mol. The molecule has 4 rings (SSSR count). The molecule has 0 spiro atoms. The third-order valence-electron chi connectivity index (χ3n) is 5.22. The maximum absolute atomic E-state index is 11.4. The summed E-state index contributed by atoms with van der Waals surface area (Å²) in [6, 6.07) is 3.39. The van der Waals surface area contributed by atoms with E-state index in [0.29, 0.717) is 21.4 Å². The SMILES string of the molecule is CO[C@H]1[C@@H](S)O[C@H](CO)[C@H](O)C1(c1cnc(C#N)c(Cl)c1)n1cc(-c2nc(Cl)cs2)nn1. The number of aromatic nitrogens is 5. The van der Waals surface area contributed by atoms with Crippen molar-refractivity contribution in [2.45, 2.75) is 29.3 Å². The molecule has 1 aliphatic heterocycles. The van der Waals surface area contributed by atoms with Gasteiger partial charge >= 0.3 is 0 Å². The minimum absolute atomic E-state index is 0.0129. The highest BCUT2D eigenvalue weighted by Gasteiger charge is 2.59. The van der Waals surface area contributed by atoms with Crippen molar-refractivity contribution in [3.63, 3.8) is 0 Å². The molecule has 0 bridgehead atoms. The molecule has 4 heterocycles. The number of thiazole rings is 1. The van der Waals surface area contributed by atoms with Gasteiger partial charge in [-0.15, -0.1) is 29.1 Å². The van der Waals surface area contributed by atoms with E-state index < -0.39 is 35.9 Å². The zero-order valence-corrected chi connectivity index (χ0v) is 19.6. The van der Waals surface area contributed by atoms with Crippen molar-refractivity contribution < 1.29 is 19.7 Å². The first-order chi connectivity index (χ1) is 15.4. The van der Waals surface area contributed by atoms with Gasteiger partial charge in [0.2, 0.25) is 0 Å². The predicted octanol–water partition coefficient (Wildman–Crippen LogP) is 1.74. The van der Waals surface area contributed by atoms with Crippen LogP contribution in [0.5, 0.6) is 0 Å². The highest BCUT2D eigenvalue weighted by molar-refractivity contribution is 7.80. The second kappa shape index (κ2) is 9.20. The first-order valence-corrected chi connectivity index (χ1v) is 11.3. The monoisotopic (exact) mass is 514 g/mol. The van der Waals surface area contributed by atoms with Gasteiger partial charge < -0.3 is 19.7 Å². The van der Waals surface area contributed by atoms with Gasteiger partial charge in [-0.3, -0.25) is 0 Å². The number of nitrogens with zero attached hydrogens (tertiary/aromatic N) is 6. The summed E-state index contributed by atoms with van der Waals surface area (Å²) in [7, 11) is 1.43. The Morgan fingerprint density at radius 2 is 2.25 bits per heavy atom. The quantitative estimate of drug-likeness (QED) is 0.434. The number of aliphatic hydroxyl groups is 2. The van der Waals surface area contributed by atoms with Gasteiger partial charge in [-0.25, -0.2) is 14.6 Å². The van der Waals surface area contributed by atoms with E-state index in [0.717, 1.165) is 0 Å². The third kappa shape index (κ3) is 3.68. The normalized spacial score (nSPS) is 27.9. The van der Waals surface area contributed by atoms with Crippen molar-refractivity contribution in [3.8, 4) is 16.8 Å². The minimum atomic E-state index is -1.52. The van der Waals surface area contributed by atoms with Crippen LogP contribution in [0.15, 0.2) is 23.8 Å². The standard InChI is InChI=1S/C18H16Cl2N6O4S2/c1-29-15-17(31)30-12(6-27)14(28)18(15,8-2-9(19)10(3-21)22-4-8)26-5-11(24-25-26)16-23-13(20)7-32-16/h2,4-5,7,12,14-15,17,27-28,31H,6H2,1H3/t12-,14+,15+,17-,18?/m1/s1. The molecule has 168 valence electrons. The number of nitriles is 1. The fourth-order valence-corrected chi connectivity index (χ4v) is 5.43. The molecule has 32 heavy (non-hydrogen) atoms. The summed E-state index contributed by atoms with van der Waals surface area (Å²) in [5.41, 5.74) is -1.63. The second-order valence-electron chi connectivity index (χ2n) is 6.86. The Morgan fingerprint density at radius 3 is 2.84 bits per heavy atom. The van der Waals surface area contributed by atoms with Crippen LogP contribution < -0.4 is 0 Å². The second-order valence-corrected chi connectivity index (χ2v) is 9.03. The molecule has 0 amide bonds. The number of pyridine rings is 1. The number of thiol groups is 1. The summed E-state index contributed by atoms with van der Waals surface area (Å²) in [6.45, 7) is -0.502. The summed E-state index contributed by atoms with van der Waals surface area (Å²) in [6.07, 6.45) is -0.400. The number of rotatable bonds is 5. The van der Waals surface area contributed by atoms with Gasteiger partial charge in [0.25, 0.3) is 0 Å². The largest absolute Gasteiger partial charge is 0.394 e. The Hall–Kier alpha value is -1.82. The number of aliphatic hydroxyl groups excluding tert-OH is 2. The van der Waals surface area contributed by atoms with E-state index in [1.165, 1.54) is 35.4 Å². The van der Waals surface area contributed by atoms with Crippen LogP contribution >= 0.6 is 47.2 Å². The maximum Gasteiger partial charge on any atom is 0.159 e. The molecule has 0 aromatic carbocycles. The van der Waals surface area contributed by atoms with Crippen molar-refractivity contribution in [2.24, 2.45) is 0 Å². The molecule has 0 saturated carbocycles. The van der Waals surface area contributed by atoms with Crippen LogP contribution in [0.2, 0.25) is 10.2 Å². The zero-order chi connectivity index (χ0) is 23.0. The average Bonchev–Trinajstić information content (AvgIpc) is 3.44. The molecule has 1 aliphatic rings. The van der Waals surface area contributed by atoms with E-state index >= 15 is 0 Å². The van der Waals surface area contributed by atoms with Crippen LogP contribution in [0.3, 0.4) is 0 Å². The molecule has 14 heteroatoms. The van der Waals surface area contributed by atoms with Crippen LogP contribution in [0.4, 0.5) is 0 Å². The van der Waals surface area contributed by atoms with Crippen molar-refractivity contribution in [1.29, 1.82) is 5.26 Å². The molecule has 0 radical (unpaired) electrons. The van der Waals surface area contributed by atoms with Crippen molar-refractivity contribution in [1.82, 2.24) is 25.0 Å². The minimum Gasteiger partial charge on any atom is -0.394 e. The Kier molecular flexibility index (Phi) is 6.71. The van der Waals surface area contributed by atoms with Crippen LogP contribution in [0, 0.1) is 11.3 Å². The highest BCUT2D eigenvalue weighted by atomic mass is 35.5. The highest BCUT2D eigenvalue weighted by Crippen LogP contribution is 2.44. The summed E-state index contributed by atoms with van der Waals surface area (Å²) >= 11 is 18.0. The average molecular weight is 515 g/mol. The van der Waals surface area contributed by atoms with Crippen LogP contribution in [0.1, 0.15) is 11.3 Å². The molecule has 1 saturated heterocycles. The third-order valence-corrected chi connectivity index (χ3v) is 7.09. The fourth-order valence-electron chi connectivity index (χ4n) is 3.82. The lowest BCUT2D eigenvalue weighted by Crippen LogP contribution is -2.67. The van der Waals surface area contributed by atoms with Gasteiger partial charge in [-0.1, -0.05) is 28.4 Å². The van der Waals surface area contributed by atoms with Gasteiger partial charge in [0, 0.05) is 24.3 Å². The Morgan fingerprint density at radius 1 is 1.47 bits per heavy atom. The van der Waals surface area contributed by atoms with Gasteiger partial charge in [0.1, 0.15) is 51.2 Å². The topological polar surface area (TPSA) is 139 Å². The molecule has 0 aliphatic carbocycles. The van der Waals surface area contributed by atoms with Gasteiger partial charge in [-0.2, -0.15) is 5.26 Å². The Labute approximate surface area is 201 Å². The lowest BCUT2D eigenvalue weighted by atomic mass is 9.76. The molecule has 10 nitrogen and oxygen atoms in total. The number of hydrogen-bond acceptors (Lipinski definition) is 11. The van der Waals surface area contributed by atoms with E-state index in [1.807, 2.05) is 6.07 Å². The molecule has 5 atom stereocenters. The summed E-state index contributed by atoms with van der Waals surface area (Å²) in [5.74, 6) is 0. The summed E-state index contributed by atoms with van der Waals surface area (Å²) < 4.78 is 12.8. The first-order valence-electron chi connectivity index (χ1n) is 9.12. The molecule has 3 aromatic rings. The maximum atomic E-state index is 11.4. The number of hydrogen-bond donors (Lipinski definition) is 3. The molecule has 2 N–H and O–H groups in total. The fraction of sp³-hybridized carbons (Fsp3) is 0.389. The molecule has 1 unspecified atom stereocenters. The van der Waals surface area contributed by atoms with Gasteiger partial charge in [-0.05, 0) is 6.07 Å². The molecule has 3 aromatic heterocycles. The van der Waals surface area contributed by atoms with Gasteiger partial charge in [0.05, 0.1) is 17.8 Å². The van der Waals surface area contributed by atoms with E-state index in [-0.39, 0.29) is 10.7 Å². The first kappa shape index (κ1) is 23.3. The molecular formula is C18H16Cl2N6O4S2. The van der Waals surface area contributed by atoms with Crippen LogP contribution in [-0.4, -0.2) is 72.6 Å². The lowest BCUT2D eigenvalue weighted by molar-refractivity contribution is -0.213. The van der Waals surface area contributed by atoms with Crippen molar-refractivity contribution in [2.75, 3.05) is 13.7 Å². The van der Waals surface area contributed by atoms with E-state index in [2.05, 4.69) is 32.9 Å². The predicted molar refractivity (Wildman–Crippen MR) is 119 cm³/mol. The lowest BCUT2D eigenvalue weighted by Gasteiger charge is -2.51. The Bertz CT molecular complexity index is 1170. The van der Waals surface area contributed by atoms with Crippen LogP contribution in [0.25, 0.3) is 10.7 Å². The summed E-state index contributed by atoms with van der Waals surface area (Å²) in [4.78, 5) is 8.31. The zero-order valence-electron chi connectivity index (χ0n) is 16.3. The van der Waals surface area contributed by atoms with Crippen LogP contribution in [-0.2, 0) is 15.0 Å². The number of ether oxygens (including phenoxy) is 2. The Balaban J connectivity index is 1.97. The number of methoxy groups -OCH3 is 1. The van der Waals surface area contributed by atoms with E-state index in [4.69, 9.17) is 32.7 Å². The van der Waals surface area contributed by atoms with Crippen molar-refractivity contribution >= 4 is 47.2 Å². The van der Waals surface area contributed by atoms with Gasteiger partial charge in [0.15, 0.2) is 5.69 Å². The molecule has 1 fully saturated rings. The van der Waals surface area contributed by atoms with Crippen molar-refractivity contribution in [3.05, 3.63) is 45.3 Å². The smallest absolute Gasteiger partial charge is 0.159 e. The van der Waals surface area contributed by atoms with E-state index in [1.54, 1.807) is 11.6 Å². The number of halogens is 2. The summed E-state index contributed by atoms with van der Waals surface area (Å²) in [5, 5.41) is 41.5.